The molecular weight excluding hydrogens is 348 g/mol. The molecule has 2 rings (SSSR count). The summed E-state index contributed by atoms with van der Waals surface area (Å²) >= 11 is 3.31. The Morgan fingerprint density at radius 2 is 1.82 bits per heavy atom. The molecule has 1 aliphatic heterocycles. The number of rotatable bonds is 5. The molecule has 1 saturated heterocycles. The van der Waals surface area contributed by atoms with Crippen LogP contribution in [0.15, 0.2) is 24.3 Å². The number of nitrogens with one attached hydrogen (secondary N) is 1. The molecule has 1 aliphatic rings. The monoisotopic (exact) mass is 368 g/mol. The summed E-state index contributed by atoms with van der Waals surface area (Å²) in [6.45, 7) is 5.28. The zero-order valence-corrected chi connectivity index (χ0v) is 14.5. The molecule has 5 nitrogen and oxygen atoms in total. The van der Waals surface area contributed by atoms with Crippen molar-refractivity contribution in [2.75, 3.05) is 25.0 Å². The van der Waals surface area contributed by atoms with Gasteiger partial charge in [-0.05, 0) is 51.0 Å². The number of hydrogen-bond donors (Lipinski definition) is 1. The third-order valence-corrected chi connectivity index (χ3v) is 3.83. The van der Waals surface area contributed by atoms with Crippen LogP contribution >= 0.6 is 15.9 Å². The minimum absolute atomic E-state index is 0.0240. The summed E-state index contributed by atoms with van der Waals surface area (Å²) in [7, 11) is 0. The molecule has 6 heteroatoms. The Morgan fingerprint density at radius 1 is 1.23 bits per heavy atom. The summed E-state index contributed by atoms with van der Waals surface area (Å²) in [6.07, 6.45) is 2.15. The lowest BCUT2D eigenvalue weighted by molar-refractivity contribution is -0.132. The van der Waals surface area contributed by atoms with Crippen LogP contribution in [0.4, 0.5) is 5.69 Å². The van der Waals surface area contributed by atoms with Crippen molar-refractivity contribution in [3.8, 4) is 5.75 Å². The third-order valence-electron chi connectivity index (χ3n) is 3.47. The summed E-state index contributed by atoms with van der Waals surface area (Å²) in [6, 6.07) is 7.00. The van der Waals surface area contributed by atoms with Gasteiger partial charge in [-0.15, -0.1) is 0 Å². The van der Waals surface area contributed by atoms with E-state index in [1.807, 2.05) is 4.90 Å². The second-order valence-electron chi connectivity index (χ2n) is 5.83. The predicted molar refractivity (Wildman–Crippen MR) is 89.4 cm³/mol. The summed E-state index contributed by atoms with van der Waals surface area (Å²) in [5, 5.41) is 2.80. The van der Waals surface area contributed by atoms with Gasteiger partial charge in [0.2, 0.25) is 5.91 Å². The van der Waals surface area contributed by atoms with Crippen molar-refractivity contribution in [1.29, 1.82) is 0 Å². The van der Waals surface area contributed by atoms with E-state index in [2.05, 4.69) is 21.2 Å². The standard InChI is InChI=1S/C16H21BrN2O3/c1-16(2,17)15(21)18-12-5-7-13(8-6-12)22-11-14(20)19-9-3-4-10-19/h5-8H,3-4,9-11H2,1-2H3,(H,18,21). The van der Waals surface area contributed by atoms with Crippen LogP contribution in [0.2, 0.25) is 0 Å². The maximum atomic E-state index is 11.9. The number of amides is 2. The third kappa shape index (κ3) is 4.73. The van der Waals surface area contributed by atoms with Crippen molar-refractivity contribution < 1.29 is 14.3 Å². The van der Waals surface area contributed by atoms with E-state index in [4.69, 9.17) is 4.74 Å². The smallest absolute Gasteiger partial charge is 0.260 e. The van der Waals surface area contributed by atoms with E-state index < -0.39 is 4.32 Å². The number of likely N-dealkylation sites (tertiary alicyclic amines) is 1. The van der Waals surface area contributed by atoms with E-state index in [9.17, 15) is 9.59 Å². The fraction of sp³-hybridized carbons (Fsp3) is 0.500. The van der Waals surface area contributed by atoms with E-state index in [0.29, 0.717) is 11.4 Å². The Bertz CT molecular complexity index is 531. The molecule has 0 bridgehead atoms. The second-order valence-corrected chi connectivity index (χ2v) is 7.81. The van der Waals surface area contributed by atoms with Gasteiger partial charge in [0.15, 0.2) is 6.61 Å². The second kappa shape index (κ2) is 7.13. The Labute approximate surface area is 139 Å². The zero-order valence-electron chi connectivity index (χ0n) is 12.9. The normalized spacial score (nSPS) is 14.8. The highest BCUT2D eigenvalue weighted by Crippen LogP contribution is 2.21. The van der Waals surface area contributed by atoms with E-state index in [-0.39, 0.29) is 18.4 Å². The van der Waals surface area contributed by atoms with Crippen LogP contribution in [-0.2, 0) is 9.59 Å². The molecular formula is C16H21BrN2O3. The van der Waals surface area contributed by atoms with Crippen LogP contribution in [0, 0.1) is 0 Å². The minimum Gasteiger partial charge on any atom is -0.484 e. The highest BCUT2D eigenvalue weighted by atomic mass is 79.9. The first-order chi connectivity index (χ1) is 10.4. The highest BCUT2D eigenvalue weighted by molar-refractivity contribution is 9.10. The van der Waals surface area contributed by atoms with Gasteiger partial charge in [-0.1, -0.05) is 15.9 Å². The van der Waals surface area contributed by atoms with Crippen molar-refractivity contribution in [2.45, 2.75) is 31.0 Å². The molecule has 22 heavy (non-hydrogen) atoms. The molecule has 1 aromatic rings. The van der Waals surface area contributed by atoms with Gasteiger partial charge in [0.25, 0.3) is 5.91 Å². The lowest BCUT2D eigenvalue weighted by atomic mass is 10.2. The van der Waals surface area contributed by atoms with E-state index in [1.54, 1.807) is 38.1 Å². The molecule has 0 unspecified atom stereocenters. The lowest BCUT2D eigenvalue weighted by Gasteiger charge is -2.17. The molecule has 1 fully saturated rings. The topological polar surface area (TPSA) is 58.6 Å². The average molecular weight is 369 g/mol. The summed E-state index contributed by atoms with van der Waals surface area (Å²) < 4.78 is 4.87. The van der Waals surface area contributed by atoms with Crippen molar-refractivity contribution in [3.05, 3.63) is 24.3 Å². The molecule has 1 N–H and O–H groups in total. The Balaban J connectivity index is 1.84. The number of anilines is 1. The van der Waals surface area contributed by atoms with Gasteiger partial charge in [0, 0.05) is 18.8 Å². The first-order valence-electron chi connectivity index (χ1n) is 7.37. The molecule has 0 aliphatic carbocycles. The number of hydrogen-bond acceptors (Lipinski definition) is 3. The van der Waals surface area contributed by atoms with Crippen molar-refractivity contribution >= 4 is 33.4 Å². The predicted octanol–water partition coefficient (Wildman–Crippen LogP) is 2.80. The van der Waals surface area contributed by atoms with E-state index in [0.717, 1.165) is 25.9 Å². The van der Waals surface area contributed by atoms with Crippen molar-refractivity contribution in [2.24, 2.45) is 0 Å². The Hall–Kier alpha value is -1.56. The molecule has 120 valence electrons. The van der Waals surface area contributed by atoms with Gasteiger partial charge < -0.3 is 15.0 Å². The largest absolute Gasteiger partial charge is 0.484 e. The van der Waals surface area contributed by atoms with Gasteiger partial charge in [0.05, 0.1) is 4.32 Å². The number of carbonyl (C=O) groups is 2. The Morgan fingerprint density at radius 3 is 2.36 bits per heavy atom. The fourth-order valence-electron chi connectivity index (χ4n) is 2.12. The van der Waals surface area contributed by atoms with Crippen LogP contribution in [-0.4, -0.2) is 40.7 Å². The SMILES string of the molecule is CC(C)(Br)C(=O)Nc1ccc(OCC(=O)N2CCCC2)cc1. The van der Waals surface area contributed by atoms with Crippen LogP contribution in [0.25, 0.3) is 0 Å². The molecule has 0 radical (unpaired) electrons. The van der Waals surface area contributed by atoms with E-state index >= 15 is 0 Å². The number of benzene rings is 1. The van der Waals surface area contributed by atoms with Crippen LogP contribution in [0.3, 0.4) is 0 Å². The number of alkyl halides is 1. The fourth-order valence-corrected chi connectivity index (χ4v) is 2.22. The summed E-state index contributed by atoms with van der Waals surface area (Å²) in [5.74, 6) is 0.518. The van der Waals surface area contributed by atoms with Crippen LogP contribution in [0.1, 0.15) is 26.7 Å². The zero-order chi connectivity index (χ0) is 16.2. The van der Waals surface area contributed by atoms with Gasteiger partial charge >= 0.3 is 0 Å². The first kappa shape index (κ1) is 16.8. The van der Waals surface area contributed by atoms with Gasteiger partial charge in [-0.3, -0.25) is 9.59 Å². The lowest BCUT2D eigenvalue weighted by Crippen LogP contribution is -2.32. The molecule has 2 amide bonds. The quantitative estimate of drug-likeness (QED) is 0.812. The van der Waals surface area contributed by atoms with E-state index in [1.165, 1.54) is 0 Å². The molecule has 1 heterocycles. The van der Waals surface area contributed by atoms with Gasteiger partial charge in [-0.25, -0.2) is 0 Å². The number of ether oxygens (including phenoxy) is 1. The number of carbonyl (C=O) groups excluding carboxylic acids is 2. The molecule has 0 spiro atoms. The van der Waals surface area contributed by atoms with Crippen molar-refractivity contribution in [1.82, 2.24) is 4.90 Å². The maximum Gasteiger partial charge on any atom is 0.260 e. The van der Waals surface area contributed by atoms with Crippen LogP contribution in [0.5, 0.6) is 5.75 Å². The van der Waals surface area contributed by atoms with Gasteiger partial charge in [-0.2, -0.15) is 0 Å². The summed E-state index contributed by atoms with van der Waals surface area (Å²) in [5.41, 5.74) is 0.691. The number of nitrogens with zero attached hydrogens (tertiary/aromatic N) is 1. The molecule has 1 aromatic carbocycles. The maximum absolute atomic E-state index is 11.9. The minimum atomic E-state index is -0.621. The molecule has 0 atom stereocenters. The molecule has 0 aromatic heterocycles. The Kier molecular flexibility index (Phi) is 5.45. The first-order valence-corrected chi connectivity index (χ1v) is 8.16. The highest BCUT2D eigenvalue weighted by Gasteiger charge is 2.23. The average Bonchev–Trinajstić information content (AvgIpc) is 2.99. The van der Waals surface area contributed by atoms with Gasteiger partial charge in [0.1, 0.15) is 5.75 Å². The van der Waals surface area contributed by atoms with Crippen LogP contribution < -0.4 is 10.1 Å². The molecule has 0 saturated carbocycles. The number of halogens is 1. The summed E-state index contributed by atoms with van der Waals surface area (Å²) in [4.78, 5) is 25.5. The van der Waals surface area contributed by atoms with Crippen molar-refractivity contribution in [3.63, 3.8) is 0 Å².